The lowest BCUT2D eigenvalue weighted by Gasteiger charge is -2.23. The van der Waals surface area contributed by atoms with E-state index in [-0.39, 0.29) is 12.1 Å². The van der Waals surface area contributed by atoms with Crippen LogP contribution in [0.2, 0.25) is 0 Å². The predicted molar refractivity (Wildman–Crippen MR) is 75.5 cm³/mol. The summed E-state index contributed by atoms with van der Waals surface area (Å²) in [4.78, 5) is 25.1. The number of hydrogen-bond donors (Lipinski definition) is 2. The highest BCUT2D eigenvalue weighted by molar-refractivity contribution is 5.83. The van der Waals surface area contributed by atoms with Crippen LogP contribution in [0.4, 0.5) is 4.79 Å². The van der Waals surface area contributed by atoms with Crippen molar-refractivity contribution < 1.29 is 14.7 Å². The van der Waals surface area contributed by atoms with E-state index >= 15 is 0 Å². The van der Waals surface area contributed by atoms with Crippen LogP contribution in [0.3, 0.4) is 0 Å². The molecule has 0 bridgehead atoms. The molecule has 108 valence electrons. The molecule has 1 aliphatic rings. The molecule has 2 rings (SSSR count). The van der Waals surface area contributed by atoms with Gasteiger partial charge in [0.25, 0.3) is 0 Å². The summed E-state index contributed by atoms with van der Waals surface area (Å²) in [6.45, 7) is 2.51. The molecule has 5 nitrogen and oxygen atoms in total. The number of benzene rings is 1. The Bertz CT molecular complexity index is 471. The van der Waals surface area contributed by atoms with Crippen molar-refractivity contribution in [2.24, 2.45) is 0 Å². The number of urea groups is 1. The second-order valence-corrected chi connectivity index (χ2v) is 5.05. The zero-order valence-electron chi connectivity index (χ0n) is 11.6. The van der Waals surface area contributed by atoms with Gasteiger partial charge in [-0.3, -0.25) is 0 Å². The average Bonchev–Trinajstić information content (AvgIpc) is 3.24. The van der Waals surface area contributed by atoms with Crippen LogP contribution in [0.25, 0.3) is 0 Å². The highest BCUT2D eigenvalue weighted by Gasteiger charge is 2.33. The number of nitrogens with zero attached hydrogens (tertiary/aromatic N) is 1. The Balaban J connectivity index is 1.98. The summed E-state index contributed by atoms with van der Waals surface area (Å²) >= 11 is 0. The Morgan fingerprint density at radius 2 is 2.00 bits per heavy atom. The van der Waals surface area contributed by atoms with Gasteiger partial charge < -0.3 is 15.3 Å². The molecular weight excluding hydrogens is 256 g/mol. The minimum atomic E-state index is -1.01. The SMILES string of the molecule is CCN(C(=O)NC(Cc1ccccc1)C(=O)O)C1CC1. The molecule has 2 amide bonds. The van der Waals surface area contributed by atoms with Crippen LogP contribution in [0.1, 0.15) is 25.3 Å². The molecule has 0 aromatic heterocycles. The van der Waals surface area contributed by atoms with Gasteiger partial charge in [-0.2, -0.15) is 0 Å². The maximum Gasteiger partial charge on any atom is 0.326 e. The maximum atomic E-state index is 12.1. The van der Waals surface area contributed by atoms with Gasteiger partial charge >= 0.3 is 12.0 Å². The molecule has 5 heteroatoms. The Morgan fingerprint density at radius 1 is 1.35 bits per heavy atom. The topological polar surface area (TPSA) is 69.6 Å². The lowest BCUT2D eigenvalue weighted by molar-refractivity contribution is -0.139. The molecule has 0 radical (unpaired) electrons. The van der Waals surface area contributed by atoms with Crippen molar-refractivity contribution in [1.82, 2.24) is 10.2 Å². The first-order chi connectivity index (χ1) is 9.61. The lowest BCUT2D eigenvalue weighted by Crippen LogP contribution is -2.49. The lowest BCUT2D eigenvalue weighted by atomic mass is 10.1. The fourth-order valence-corrected chi connectivity index (χ4v) is 2.24. The molecule has 1 unspecified atom stereocenters. The first-order valence-corrected chi connectivity index (χ1v) is 6.95. The van der Waals surface area contributed by atoms with Crippen molar-refractivity contribution in [3.63, 3.8) is 0 Å². The standard InChI is InChI=1S/C15H20N2O3/c1-2-17(12-8-9-12)15(20)16-13(14(18)19)10-11-6-4-3-5-7-11/h3-7,12-13H,2,8-10H2,1H3,(H,16,20)(H,18,19). The number of hydrogen-bond acceptors (Lipinski definition) is 2. The van der Waals surface area contributed by atoms with Crippen LogP contribution < -0.4 is 5.32 Å². The van der Waals surface area contributed by atoms with E-state index in [2.05, 4.69) is 5.32 Å². The first-order valence-electron chi connectivity index (χ1n) is 6.95. The van der Waals surface area contributed by atoms with Gasteiger partial charge in [-0.25, -0.2) is 9.59 Å². The molecular formula is C15H20N2O3. The third-order valence-electron chi connectivity index (χ3n) is 3.47. The zero-order chi connectivity index (χ0) is 14.5. The monoisotopic (exact) mass is 276 g/mol. The molecule has 1 fully saturated rings. The molecule has 0 aliphatic heterocycles. The van der Waals surface area contributed by atoms with Gasteiger partial charge in [0.05, 0.1) is 0 Å². The predicted octanol–water partition coefficient (Wildman–Crippen LogP) is 1.88. The molecule has 2 N–H and O–H groups in total. The van der Waals surface area contributed by atoms with E-state index in [1.54, 1.807) is 4.90 Å². The van der Waals surface area contributed by atoms with Crippen molar-refractivity contribution in [3.8, 4) is 0 Å². The second-order valence-electron chi connectivity index (χ2n) is 5.05. The van der Waals surface area contributed by atoms with Crippen LogP contribution >= 0.6 is 0 Å². The fraction of sp³-hybridized carbons (Fsp3) is 0.467. The summed E-state index contributed by atoms with van der Waals surface area (Å²) in [5, 5.41) is 11.9. The number of carboxylic acid groups (broad SMARTS) is 1. The quantitative estimate of drug-likeness (QED) is 0.833. The van der Waals surface area contributed by atoms with Crippen molar-refractivity contribution in [1.29, 1.82) is 0 Å². The summed E-state index contributed by atoms with van der Waals surface area (Å²) in [6, 6.07) is 8.43. The number of carbonyl (C=O) groups excluding carboxylic acids is 1. The summed E-state index contributed by atoms with van der Waals surface area (Å²) in [6.07, 6.45) is 2.32. The molecule has 0 heterocycles. The zero-order valence-corrected chi connectivity index (χ0v) is 11.6. The summed E-state index contributed by atoms with van der Waals surface area (Å²) in [5.74, 6) is -1.01. The van der Waals surface area contributed by atoms with Gasteiger partial charge in [0, 0.05) is 19.0 Å². The fourth-order valence-electron chi connectivity index (χ4n) is 2.24. The van der Waals surface area contributed by atoms with Gasteiger partial charge in [-0.15, -0.1) is 0 Å². The molecule has 1 atom stereocenters. The third kappa shape index (κ3) is 3.73. The van der Waals surface area contributed by atoms with Crippen LogP contribution in [0.15, 0.2) is 30.3 Å². The molecule has 1 aromatic rings. The van der Waals surface area contributed by atoms with Crippen molar-refractivity contribution >= 4 is 12.0 Å². The van der Waals surface area contributed by atoms with Crippen LogP contribution in [0, 0.1) is 0 Å². The number of carbonyl (C=O) groups is 2. The van der Waals surface area contributed by atoms with E-state index in [9.17, 15) is 14.7 Å². The van der Waals surface area contributed by atoms with Gasteiger partial charge in [-0.05, 0) is 25.3 Å². The normalized spacial score (nSPS) is 15.4. The van der Waals surface area contributed by atoms with Crippen molar-refractivity contribution in [3.05, 3.63) is 35.9 Å². The minimum Gasteiger partial charge on any atom is -0.480 e. The molecule has 1 saturated carbocycles. The van der Waals surface area contributed by atoms with Crippen LogP contribution in [0.5, 0.6) is 0 Å². The Kier molecular flexibility index (Phi) is 4.61. The van der Waals surface area contributed by atoms with Gasteiger partial charge in [0.15, 0.2) is 0 Å². The number of nitrogens with one attached hydrogen (secondary N) is 1. The Labute approximate surface area is 118 Å². The van der Waals surface area contributed by atoms with E-state index in [0.29, 0.717) is 13.0 Å². The third-order valence-corrected chi connectivity index (χ3v) is 3.47. The van der Waals surface area contributed by atoms with E-state index in [1.807, 2.05) is 37.3 Å². The van der Waals surface area contributed by atoms with Crippen LogP contribution in [-0.4, -0.2) is 40.6 Å². The summed E-state index contributed by atoms with van der Waals surface area (Å²) in [7, 11) is 0. The van der Waals surface area contributed by atoms with Gasteiger partial charge in [-0.1, -0.05) is 30.3 Å². The number of rotatable bonds is 6. The largest absolute Gasteiger partial charge is 0.480 e. The summed E-state index contributed by atoms with van der Waals surface area (Å²) in [5.41, 5.74) is 0.898. The Hall–Kier alpha value is -2.04. The molecule has 0 spiro atoms. The van der Waals surface area contributed by atoms with E-state index in [4.69, 9.17) is 0 Å². The molecule has 0 saturated heterocycles. The van der Waals surface area contributed by atoms with Crippen LogP contribution in [-0.2, 0) is 11.2 Å². The molecule has 20 heavy (non-hydrogen) atoms. The average molecular weight is 276 g/mol. The second kappa shape index (κ2) is 6.41. The molecule has 1 aliphatic carbocycles. The highest BCUT2D eigenvalue weighted by atomic mass is 16.4. The van der Waals surface area contributed by atoms with Crippen molar-refractivity contribution in [2.75, 3.05) is 6.54 Å². The highest BCUT2D eigenvalue weighted by Crippen LogP contribution is 2.26. The number of aliphatic carboxylic acids is 1. The minimum absolute atomic E-state index is 0.279. The van der Waals surface area contributed by atoms with E-state index < -0.39 is 12.0 Å². The van der Waals surface area contributed by atoms with Crippen molar-refractivity contribution in [2.45, 2.75) is 38.3 Å². The summed E-state index contributed by atoms with van der Waals surface area (Å²) < 4.78 is 0. The van der Waals surface area contributed by atoms with Gasteiger partial charge in [0.2, 0.25) is 0 Å². The van der Waals surface area contributed by atoms with Gasteiger partial charge in [0.1, 0.15) is 6.04 Å². The number of amides is 2. The molecule has 1 aromatic carbocycles. The number of carboxylic acids is 1. The van der Waals surface area contributed by atoms with E-state index in [0.717, 1.165) is 18.4 Å². The van der Waals surface area contributed by atoms with E-state index in [1.165, 1.54) is 0 Å². The Morgan fingerprint density at radius 3 is 2.50 bits per heavy atom. The smallest absolute Gasteiger partial charge is 0.326 e. The first kappa shape index (κ1) is 14.4. The maximum absolute atomic E-state index is 12.1.